The van der Waals surface area contributed by atoms with Crippen molar-refractivity contribution in [2.24, 2.45) is 0 Å². The first kappa shape index (κ1) is 15.4. The molecular formula is C14H14N2O6. The lowest BCUT2D eigenvalue weighted by Crippen LogP contribution is -2.42. The number of aromatic amines is 1. The van der Waals surface area contributed by atoms with Crippen LogP contribution in [0.15, 0.2) is 40.1 Å². The standard InChI is InChI=1S/C14H14N2O6/c1-2-5-21-13(19)16-10(12(17)18)7-8-3-4-11-9(6-8)15-14(20)22-11/h2-4,6,10H,1,5,7H2,(H,15,20)(H,16,19)(H,17,18). The normalized spacial score (nSPS) is 11.8. The van der Waals surface area contributed by atoms with Gasteiger partial charge in [0.15, 0.2) is 5.58 Å². The zero-order chi connectivity index (χ0) is 16.1. The fourth-order valence-corrected chi connectivity index (χ4v) is 1.88. The molecule has 0 aliphatic heterocycles. The Labute approximate surface area is 124 Å². The molecule has 1 aromatic carbocycles. The Morgan fingerprint density at radius 3 is 2.95 bits per heavy atom. The number of hydrogen-bond acceptors (Lipinski definition) is 5. The van der Waals surface area contributed by atoms with E-state index in [2.05, 4.69) is 21.6 Å². The van der Waals surface area contributed by atoms with Crippen LogP contribution in [0.1, 0.15) is 5.56 Å². The Balaban J connectivity index is 2.11. The van der Waals surface area contributed by atoms with Crippen LogP contribution in [-0.4, -0.2) is 34.8 Å². The van der Waals surface area contributed by atoms with E-state index in [0.717, 1.165) is 0 Å². The van der Waals surface area contributed by atoms with E-state index in [4.69, 9.17) is 9.52 Å². The molecule has 8 heteroatoms. The van der Waals surface area contributed by atoms with Gasteiger partial charge < -0.3 is 19.6 Å². The molecule has 116 valence electrons. The lowest BCUT2D eigenvalue weighted by molar-refractivity contribution is -0.139. The number of rotatable bonds is 6. The molecule has 0 fully saturated rings. The predicted octanol–water partition coefficient (Wildman–Crippen LogP) is 1.03. The van der Waals surface area contributed by atoms with Crippen LogP contribution in [0.4, 0.5) is 4.79 Å². The topological polar surface area (TPSA) is 122 Å². The van der Waals surface area contributed by atoms with Crippen LogP contribution in [0.2, 0.25) is 0 Å². The first-order valence-electron chi connectivity index (χ1n) is 6.38. The number of hydrogen-bond donors (Lipinski definition) is 3. The number of oxazole rings is 1. The zero-order valence-electron chi connectivity index (χ0n) is 11.5. The number of aromatic nitrogens is 1. The number of H-pyrrole nitrogens is 1. The summed E-state index contributed by atoms with van der Waals surface area (Å²) in [5, 5.41) is 11.4. The van der Waals surface area contributed by atoms with Crippen LogP contribution in [0, 0.1) is 0 Å². The second-order valence-electron chi connectivity index (χ2n) is 4.47. The quantitative estimate of drug-likeness (QED) is 0.685. The second kappa shape index (κ2) is 6.61. The van der Waals surface area contributed by atoms with E-state index in [9.17, 15) is 14.4 Å². The fourth-order valence-electron chi connectivity index (χ4n) is 1.88. The summed E-state index contributed by atoms with van der Waals surface area (Å²) in [6.07, 6.45) is 0.560. The van der Waals surface area contributed by atoms with Gasteiger partial charge in [-0.3, -0.25) is 4.98 Å². The molecule has 0 radical (unpaired) electrons. The molecule has 0 spiro atoms. The monoisotopic (exact) mass is 306 g/mol. The maximum Gasteiger partial charge on any atom is 0.417 e. The molecule has 1 aromatic heterocycles. The van der Waals surface area contributed by atoms with Crippen molar-refractivity contribution in [3.05, 3.63) is 47.0 Å². The Kier molecular flexibility index (Phi) is 4.62. The molecule has 1 heterocycles. The summed E-state index contributed by atoms with van der Waals surface area (Å²) < 4.78 is 9.55. The number of benzene rings is 1. The summed E-state index contributed by atoms with van der Waals surface area (Å²) in [7, 11) is 0. The zero-order valence-corrected chi connectivity index (χ0v) is 11.5. The molecule has 1 unspecified atom stereocenters. The number of fused-ring (bicyclic) bond motifs is 1. The Morgan fingerprint density at radius 2 is 2.27 bits per heavy atom. The van der Waals surface area contributed by atoms with Crippen molar-refractivity contribution in [2.75, 3.05) is 6.61 Å². The SMILES string of the molecule is C=CCOC(=O)NC(Cc1ccc2oc(=O)[nH]c2c1)C(=O)O. The van der Waals surface area contributed by atoms with Crippen molar-refractivity contribution in [1.82, 2.24) is 10.3 Å². The maximum absolute atomic E-state index is 11.4. The molecule has 0 bridgehead atoms. The van der Waals surface area contributed by atoms with Gasteiger partial charge in [-0.2, -0.15) is 0 Å². The number of carbonyl (C=O) groups excluding carboxylic acids is 1. The number of aliphatic carboxylic acids is 1. The first-order chi connectivity index (χ1) is 10.5. The highest BCUT2D eigenvalue weighted by Crippen LogP contribution is 2.14. The minimum Gasteiger partial charge on any atom is -0.480 e. The molecule has 0 aliphatic carbocycles. The summed E-state index contributed by atoms with van der Waals surface area (Å²) in [6, 6.07) is 3.60. The molecular weight excluding hydrogens is 292 g/mol. The minimum atomic E-state index is -1.20. The van der Waals surface area contributed by atoms with Crippen molar-refractivity contribution in [1.29, 1.82) is 0 Å². The summed E-state index contributed by atoms with van der Waals surface area (Å²) in [5.74, 6) is -1.79. The molecule has 3 N–H and O–H groups in total. The maximum atomic E-state index is 11.4. The third-order valence-corrected chi connectivity index (χ3v) is 2.85. The van der Waals surface area contributed by atoms with Crippen LogP contribution in [0.3, 0.4) is 0 Å². The van der Waals surface area contributed by atoms with E-state index < -0.39 is 23.9 Å². The third kappa shape index (κ3) is 3.75. The van der Waals surface area contributed by atoms with Gasteiger partial charge in [0.05, 0.1) is 5.52 Å². The minimum absolute atomic E-state index is 0.0135. The number of alkyl carbamates (subject to hydrolysis) is 1. The number of carboxylic acids is 1. The lowest BCUT2D eigenvalue weighted by Gasteiger charge is -2.14. The van der Waals surface area contributed by atoms with E-state index in [1.54, 1.807) is 18.2 Å². The van der Waals surface area contributed by atoms with Crippen LogP contribution in [0.25, 0.3) is 11.1 Å². The Bertz CT molecular complexity index is 760. The summed E-state index contributed by atoms with van der Waals surface area (Å²) >= 11 is 0. The molecule has 2 rings (SSSR count). The molecule has 0 saturated carbocycles. The van der Waals surface area contributed by atoms with Gasteiger partial charge in [-0.15, -0.1) is 0 Å². The van der Waals surface area contributed by atoms with E-state index in [1.165, 1.54) is 6.08 Å². The van der Waals surface area contributed by atoms with Crippen LogP contribution >= 0.6 is 0 Å². The highest BCUT2D eigenvalue weighted by molar-refractivity contribution is 5.80. The highest BCUT2D eigenvalue weighted by atomic mass is 16.5. The second-order valence-corrected chi connectivity index (χ2v) is 4.47. The number of amides is 1. The Hall–Kier alpha value is -3.03. The molecule has 0 aliphatic rings. The highest BCUT2D eigenvalue weighted by Gasteiger charge is 2.21. The molecule has 2 aromatic rings. The summed E-state index contributed by atoms with van der Waals surface area (Å²) in [5.41, 5.74) is 1.45. The molecule has 8 nitrogen and oxygen atoms in total. The van der Waals surface area contributed by atoms with E-state index in [-0.39, 0.29) is 13.0 Å². The van der Waals surface area contributed by atoms with E-state index in [0.29, 0.717) is 16.7 Å². The largest absolute Gasteiger partial charge is 0.480 e. The number of carbonyl (C=O) groups is 2. The summed E-state index contributed by atoms with van der Waals surface area (Å²) in [4.78, 5) is 36.2. The smallest absolute Gasteiger partial charge is 0.417 e. The lowest BCUT2D eigenvalue weighted by atomic mass is 10.1. The van der Waals surface area contributed by atoms with Gasteiger partial charge >= 0.3 is 17.8 Å². The van der Waals surface area contributed by atoms with Crippen molar-refractivity contribution in [3.63, 3.8) is 0 Å². The van der Waals surface area contributed by atoms with Gasteiger partial charge in [0.2, 0.25) is 0 Å². The number of nitrogens with one attached hydrogen (secondary N) is 2. The van der Waals surface area contributed by atoms with Gasteiger partial charge in [0.25, 0.3) is 0 Å². The molecule has 22 heavy (non-hydrogen) atoms. The molecule has 1 amide bonds. The van der Waals surface area contributed by atoms with E-state index in [1.807, 2.05) is 0 Å². The third-order valence-electron chi connectivity index (χ3n) is 2.85. The molecule has 0 saturated heterocycles. The van der Waals surface area contributed by atoms with Crippen LogP contribution < -0.4 is 11.1 Å². The number of ether oxygens (including phenoxy) is 1. The van der Waals surface area contributed by atoms with Crippen molar-refractivity contribution in [2.45, 2.75) is 12.5 Å². The Morgan fingerprint density at radius 1 is 1.50 bits per heavy atom. The van der Waals surface area contributed by atoms with Crippen molar-refractivity contribution < 1.29 is 23.8 Å². The van der Waals surface area contributed by atoms with Gasteiger partial charge in [-0.1, -0.05) is 18.7 Å². The van der Waals surface area contributed by atoms with Gasteiger partial charge in [-0.05, 0) is 17.7 Å². The van der Waals surface area contributed by atoms with E-state index >= 15 is 0 Å². The predicted molar refractivity (Wildman–Crippen MR) is 76.6 cm³/mol. The summed E-state index contributed by atoms with van der Waals surface area (Å²) in [6.45, 7) is 3.37. The van der Waals surface area contributed by atoms with Crippen molar-refractivity contribution >= 4 is 23.2 Å². The van der Waals surface area contributed by atoms with Gasteiger partial charge in [0.1, 0.15) is 12.6 Å². The van der Waals surface area contributed by atoms with Crippen molar-refractivity contribution in [3.8, 4) is 0 Å². The van der Waals surface area contributed by atoms with Crippen LogP contribution in [-0.2, 0) is 16.0 Å². The van der Waals surface area contributed by atoms with Gasteiger partial charge in [-0.25, -0.2) is 14.4 Å². The average molecular weight is 306 g/mol. The number of carboxylic acid groups (broad SMARTS) is 1. The van der Waals surface area contributed by atoms with Crippen LogP contribution in [0.5, 0.6) is 0 Å². The fraction of sp³-hybridized carbons (Fsp3) is 0.214. The van der Waals surface area contributed by atoms with Gasteiger partial charge in [0, 0.05) is 6.42 Å². The first-order valence-corrected chi connectivity index (χ1v) is 6.38. The molecule has 1 atom stereocenters. The average Bonchev–Trinajstić information content (AvgIpc) is 2.83.